The van der Waals surface area contributed by atoms with E-state index in [1.54, 1.807) is 6.07 Å². The van der Waals surface area contributed by atoms with Crippen molar-refractivity contribution in [1.82, 2.24) is 0 Å². The molecule has 1 nitrogen and oxygen atoms in total. The lowest BCUT2D eigenvalue weighted by Gasteiger charge is -1.96. The van der Waals surface area contributed by atoms with Gasteiger partial charge in [-0.25, -0.2) is 4.85 Å². The van der Waals surface area contributed by atoms with E-state index in [-0.39, 0.29) is 0 Å². The Kier molecular flexibility index (Phi) is 2.92. The van der Waals surface area contributed by atoms with Crippen LogP contribution in [0.5, 0.6) is 0 Å². The van der Waals surface area contributed by atoms with Crippen molar-refractivity contribution in [3.05, 3.63) is 40.2 Å². The van der Waals surface area contributed by atoms with Crippen molar-refractivity contribution in [1.29, 1.82) is 0 Å². The van der Waals surface area contributed by atoms with E-state index < -0.39 is 0 Å². The summed E-state index contributed by atoms with van der Waals surface area (Å²) in [5.41, 5.74) is 1.62. The minimum atomic E-state index is 0.590. The Labute approximate surface area is 78.9 Å². The third-order valence-electron chi connectivity index (χ3n) is 1.23. The summed E-state index contributed by atoms with van der Waals surface area (Å²) in [5, 5.41) is 1.35. The van der Waals surface area contributed by atoms with Gasteiger partial charge in [-0.3, -0.25) is 0 Å². The summed E-state index contributed by atoms with van der Waals surface area (Å²) >= 11 is 9.04. The van der Waals surface area contributed by atoms with E-state index in [9.17, 15) is 0 Å². The lowest BCUT2D eigenvalue weighted by atomic mass is 10.2. The minimum Gasteiger partial charge on any atom is -0.238 e. The molecule has 1 aromatic rings. The van der Waals surface area contributed by atoms with Crippen LogP contribution in [-0.4, -0.2) is 0 Å². The molecule has 0 saturated heterocycles. The van der Waals surface area contributed by atoms with Crippen LogP contribution >= 0.6 is 27.5 Å². The Morgan fingerprint density at radius 1 is 1.45 bits per heavy atom. The molecule has 0 fully saturated rings. The van der Waals surface area contributed by atoms with Crippen molar-refractivity contribution in [2.45, 2.75) is 5.33 Å². The lowest BCUT2D eigenvalue weighted by molar-refractivity contribution is 1.45. The summed E-state index contributed by atoms with van der Waals surface area (Å²) in [6.45, 7) is 6.76. The van der Waals surface area contributed by atoms with Crippen LogP contribution in [0.1, 0.15) is 5.56 Å². The van der Waals surface area contributed by atoms with Gasteiger partial charge in [-0.1, -0.05) is 33.6 Å². The second-order valence-electron chi connectivity index (χ2n) is 2.06. The van der Waals surface area contributed by atoms with Gasteiger partial charge in [0.15, 0.2) is 5.69 Å². The summed E-state index contributed by atoms with van der Waals surface area (Å²) in [6, 6.07) is 5.30. The highest BCUT2D eigenvalue weighted by Crippen LogP contribution is 2.22. The Morgan fingerprint density at radius 3 is 2.73 bits per heavy atom. The van der Waals surface area contributed by atoms with Gasteiger partial charge in [-0.05, 0) is 17.7 Å². The van der Waals surface area contributed by atoms with Gasteiger partial charge in [-0.2, -0.15) is 0 Å². The van der Waals surface area contributed by atoms with Crippen LogP contribution in [0.15, 0.2) is 18.2 Å². The van der Waals surface area contributed by atoms with Gasteiger partial charge >= 0.3 is 0 Å². The molecule has 0 aliphatic heterocycles. The van der Waals surface area contributed by atoms with Crippen molar-refractivity contribution < 1.29 is 0 Å². The second-order valence-corrected chi connectivity index (χ2v) is 3.06. The predicted molar refractivity (Wildman–Crippen MR) is 50.3 cm³/mol. The van der Waals surface area contributed by atoms with Crippen LogP contribution < -0.4 is 0 Å². The highest BCUT2D eigenvalue weighted by atomic mass is 79.9. The predicted octanol–water partition coefficient (Wildman–Crippen LogP) is 3.79. The lowest BCUT2D eigenvalue weighted by Crippen LogP contribution is -1.75. The number of nitrogens with zero attached hydrogens (tertiary/aromatic N) is 1. The highest BCUT2D eigenvalue weighted by molar-refractivity contribution is 9.08. The molecule has 0 unspecified atom stereocenters. The monoisotopic (exact) mass is 229 g/mol. The number of alkyl halides is 1. The number of benzene rings is 1. The third-order valence-corrected chi connectivity index (χ3v) is 2.09. The number of hydrogen-bond acceptors (Lipinski definition) is 0. The molecule has 0 spiro atoms. The minimum absolute atomic E-state index is 0.590. The van der Waals surface area contributed by atoms with E-state index in [0.717, 1.165) is 10.9 Å². The van der Waals surface area contributed by atoms with E-state index in [1.807, 2.05) is 12.1 Å². The standard InChI is InChI=1S/C8H5BrClN/c1-11-8-3-6(5-9)2-7(10)4-8/h2-4H,5H2. The normalized spacial score (nSPS) is 9.18. The van der Waals surface area contributed by atoms with Gasteiger partial charge in [-0.15, -0.1) is 0 Å². The maximum Gasteiger partial charge on any atom is 0.189 e. The van der Waals surface area contributed by atoms with Crippen molar-refractivity contribution in [2.75, 3.05) is 0 Å². The summed E-state index contributed by atoms with van der Waals surface area (Å²) in [7, 11) is 0. The summed E-state index contributed by atoms with van der Waals surface area (Å²) < 4.78 is 0. The molecule has 56 valence electrons. The fourth-order valence-electron chi connectivity index (χ4n) is 0.775. The summed E-state index contributed by atoms with van der Waals surface area (Å²) in [4.78, 5) is 3.28. The first kappa shape index (κ1) is 8.58. The molecular weight excluding hydrogens is 225 g/mol. The largest absolute Gasteiger partial charge is 0.238 e. The summed E-state index contributed by atoms with van der Waals surface area (Å²) in [6.07, 6.45) is 0. The average Bonchev–Trinajstić information content (AvgIpc) is 2.03. The van der Waals surface area contributed by atoms with Crippen molar-refractivity contribution >= 4 is 33.2 Å². The topological polar surface area (TPSA) is 4.36 Å². The second kappa shape index (κ2) is 3.75. The molecule has 3 heteroatoms. The number of hydrogen-bond donors (Lipinski definition) is 0. The smallest absolute Gasteiger partial charge is 0.189 e. The highest BCUT2D eigenvalue weighted by Gasteiger charge is 1.96. The molecule has 0 bridgehead atoms. The molecule has 1 rings (SSSR count). The molecule has 0 amide bonds. The fourth-order valence-corrected chi connectivity index (χ4v) is 1.35. The van der Waals surface area contributed by atoms with E-state index in [4.69, 9.17) is 18.2 Å². The first-order chi connectivity index (χ1) is 5.26. The fraction of sp³-hybridized carbons (Fsp3) is 0.125. The van der Waals surface area contributed by atoms with Crippen LogP contribution in [0.4, 0.5) is 5.69 Å². The quantitative estimate of drug-likeness (QED) is 0.511. The number of rotatable bonds is 1. The van der Waals surface area contributed by atoms with E-state index >= 15 is 0 Å². The van der Waals surface area contributed by atoms with Crippen molar-refractivity contribution in [2.24, 2.45) is 0 Å². The molecule has 0 heterocycles. The van der Waals surface area contributed by atoms with Crippen LogP contribution in [0.25, 0.3) is 4.85 Å². The first-order valence-electron chi connectivity index (χ1n) is 2.99. The van der Waals surface area contributed by atoms with Crippen molar-refractivity contribution in [3.8, 4) is 0 Å². The Morgan fingerprint density at radius 2 is 2.18 bits per heavy atom. The van der Waals surface area contributed by atoms with Gasteiger partial charge in [0, 0.05) is 10.4 Å². The first-order valence-corrected chi connectivity index (χ1v) is 4.49. The van der Waals surface area contributed by atoms with Gasteiger partial charge in [0.25, 0.3) is 0 Å². The summed E-state index contributed by atoms with van der Waals surface area (Å²) in [5.74, 6) is 0. The van der Waals surface area contributed by atoms with Gasteiger partial charge < -0.3 is 0 Å². The molecule has 0 aromatic heterocycles. The van der Waals surface area contributed by atoms with Gasteiger partial charge in [0.1, 0.15) is 0 Å². The van der Waals surface area contributed by atoms with E-state index in [0.29, 0.717) is 10.7 Å². The van der Waals surface area contributed by atoms with Crippen LogP contribution in [0.3, 0.4) is 0 Å². The molecule has 0 aliphatic rings. The zero-order chi connectivity index (χ0) is 8.27. The molecule has 0 saturated carbocycles. The van der Waals surface area contributed by atoms with Crippen molar-refractivity contribution in [3.63, 3.8) is 0 Å². The number of halogens is 2. The Balaban J connectivity index is 3.15. The van der Waals surface area contributed by atoms with Crippen LogP contribution in [-0.2, 0) is 5.33 Å². The molecule has 0 N–H and O–H groups in total. The SMILES string of the molecule is [C-]#[N+]c1cc(Cl)cc(CBr)c1. The van der Waals surface area contributed by atoms with E-state index in [1.165, 1.54) is 0 Å². The molecule has 1 aromatic carbocycles. The zero-order valence-corrected chi connectivity index (χ0v) is 7.98. The molecule has 0 atom stereocenters. The maximum absolute atomic E-state index is 6.76. The zero-order valence-electron chi connectivity index (χ0n) is 5.64. The molecule has 0 radical (unpaired) electrons. The molecular formula is C8H5BrClN. The molecule has 0 aliphatic carbocycles. The van der Waals surface area contributed by atoms with Crippen LogP contribution in [0, 0.1) is 6.57 Å². The average molecular weight is 230 g/mol. The van der Waals surface area contributed by atoms with Gasteiger partial charge in [0.2, 0.25) is 0 Å². The van der Waals surface area contributed by atoms with Crippen LogP contribution in [0.2, 0.25) is 5.02 Å². The third kappa shape index (κ3) is 2.21. The maximum atomic E-state index is 6.76. The molecule has 11 heavy (non-hydrogen) atoms. The van der Waals surface area contributed by atoms with Gasteiger partial charge in [0.05, 0.1) is 6.57 Å². The Hall–Kier alpha value is -0.520. The van der Waals surface area contributed by atoms with E-state index in [2.05, 4.69) is 20.8 Å². The Bertz CT molecular complexity index is 303.